The van der Waals surface area contributed by atoms with E-state index in [1.807, 2.05) is 0 Å². The summed E-state index contributed by atoms with van der Waals surface area (Å²) in [5.41, 5.74) is 5.80. The Bertz CT molecular complexity index is 454. The van der Waals surface area contributed by atoms with Gasteiger partial charge in [0.15, 0.2) is 0 Å². The van der Waals surface area contributed by atoms with Crippen LogP contribution in [0.25, 0.3) is 0 Å². The van der Waals surface area contributed by atoms with Gasteiger partial charge in [-0.3, -0.25) is 4.79 Å². The van der Waals surface area contributed by atoms with E-state index in [-0.39, 0.29) is 12.5 Å². The summed E-state index contributed by atoms with van der Waals surface area (Å²) >= 11 is 0. The fourth-order valence-electron chi connectivity index (χ4n) is 1.28. The summed E-state index contributed by atoms with van der Waals surface area (Å²) in [5.74, 6) is -0.649. The number of nitrogens with one attached hydrogen (secondary N) is 1. The molecule has 102 valence electrons. The first kappa shape index (κ1) is 14.7. The smallest absolute Gasteiger partial charge is 0.328 e. The molecule has 1 aromatic carbocycles. The van der Waals surface area contributed by atoms with Gasteiger partial charge in [-0.25, -0.2) is 4.79 Å². The minimum absolute atomic E-state index is 0.158. The maximum atomic E-state index is 11.6. The van der Waals surface area contributed by atoms with Gasteiger partial charge in [0.05, 0.1) is 0 Å². The maximum Gasteiger partial charge on any atom is 0.328 e. The standard InChI is InChI=1S/C13H16N2O4/c14-7-8-15-13(18)10-3-5-11(6-4-10)19-9-1-2-12(16)17/h1-6H,7-9,14H2,(H,15,18)(H,16,17). The van der Waals surface area contributed by atoms with Gasteiger partial charge in [-0.1, -0.05) is 0 Å². The lowest BCUT2D eigenvalue weighted by Crippen LogP contribution is -2.28. The number of carboxylic acids is 1. The molecule has 0 saturated heterocycles. The van der Waals surface area contributed by atoms with Crippen LogP contribution in [-0.4, -0.2) is 36.7 Å². The minimum Gasteiger partial charge on any atom is -0.490 e. The molecule has 1 aromatic rings. The van der Waals surface area contributed by atoms with Crippen LogP contribution < -0.4 is 15.8 Å². The molecule has 0 aliphatic carbocycles. The Morgan fingerprint density at radius 1 is 1.32 bits per heavy atom. The van der Waals surface area contributed by atoms with Crippen molar-refractivity contribution in [2.75, 3.05) is 19.7 Å². The summed E-state index contributed by atoms with van der Waals surface area (Å²) in [4.78, 5) is 21.8. The van der Waals surface area contributed by atoms with E-state index in [1.165, 1.54) is 6.08 Å². The van der Waals surface area contributed by atoms with Gasteiger partial charge < -0.3 is 20.9 Å². The maximum absolute atomic E-state index is 11.6. The van der Waals surface area contributed by atoms with Gasteiger partial charge >= 0.3 is 5.97 Å². The van der Waals surface area contributed by atoms with Crippen LogP contribution in [0.2, 0.25) is 0 Å². The van der Waals surface area contributed by atoms with E-state index in [4.69, 9.17) is 15.6 Å². The number of benzene rings is 1. The summed E-state index contributed by atoms with van der Waals surface area (Å²) in [6.07, 6.45) is 2.40. The molecule has 1 amide bonds. The van der Waals surface area contributed by atoms with Gasteiger partial charge in [-0.15, -0.1) is 0 Å². The van der Waals surface area contributed by atoms with Crippen molar-refractivity contribution in [2.45, 2.75) is 0 Å². The lowest BCUT2D eigenvalue weighted by atomic mass is 10.2. The van der Waals surface area contributed by atoms with Crippen molar-refractivity contribution < 1.29 is 19.4 Å². The van der Waals surface area contributed by atoms with E-state index in [1.54, 1.807) is 24.3 Å². The summed E-state index contributed by atoms with van der Waals surface area (Å²) < 4.78 is 5.27. The highest BCUT2D eigenvalue weighted by Gasteiger charge is 2.03. The van der Waals surface area contributed by atoms with Gasteiger partial charge in [0.25, 0.3) is 5.91 Å². The fraction of sp³-hybridized carbons (Fsp3) is 0.231. The van der Waals surface area contributed by atoms with Crippen LogP contribution in [0.15, 0.2) is 36.4 Å². The van der Waals surface area contributed by atoms with Crippen molar-refractivity contribution in [1.29, 1.82) is 0 Å². The summed E-state index contributed by atoms with van der Waals surface area (Å²) in [7, 11) is 0. The Morgan fingerprint density at radius 2 is 2.00 bits per heavy atom. The predicted octanol–water partition coefficient (Wildman–Crippen LogP) is 0.395. The molecule has 0 spiro atoms. The highest BCUT2D eigenvalue weighted by atomic mass is 16.5. The van der Waals surface area contributed by atoms with E-state index in [0.717, 1.165) is 6.08 Å². The third-order valence-corrected chi connectivity index (χ3v) is 2.15. The monoisotopic (exact) mass is 264 g/mol. The third kappa shape index (κ3) is 5.69. The molecule has 0 atom stereocenters. The topological polar surface area (TPSA) is 102 Å². The molecule has 4 N–H and O–H groups in total. The lowest BCUT2D eigenvalue weighted by molar-refractivity contribution is -0.131. The normalized spacial score (nSPS) is 10.4. The first-order valence-electron chi connectivity index (χ1n) is 5.74. The summed E-state index contributed by atoms with van der Waals surface area (Å²) in [5, 5.41) is 11.0. The Kier molecular flexibility index (Phi) is 6.11. The average Bonchev–Trinajstić information content (AvgIpc) is 2.41. The van der Waals surface area contributed by atoms with E-state index in [9.17, 15) is 9.59 Å². The van der Waals surface area contributed by atoms with E-state index in [0.29, 0.717) is 24.4 Å². The second kappa shape index (κ2) is 7.88. The van der Waals surface area contributed by atoms with Gasteiger partial charge in [-0.05, 0) is 30.3 Å². The predicted molar refractivity (Wildman–Crippen MR) is 70.1 cm³/mol. The molecule has 0 unspecified atom stereocenters. The van der Waals surface area contributed by atoms with Crippen molar-refractivity contribution in [3.63, 3.8) is 0 Å². The number of carbonyl (C=O) groups is 2. The van der Waals surface area contributed by atoms with Crippen molar-refractivity contribution in [2.24, 2.45) is 5.73 Å². The molecule has 0 fully saturated rings. The van der Waals surface area contributed by atoms with Crippen LogP contribution in [0.3, 0.4) is 0 Å². The lowest BCUT2D eigenvalue weighted by Gasteiger charge is -2.05. The number of hydrogen-bond donors (Lipinski definition) is 3. The van der Waals surface area contributed by atoms with E-state index < -0.39 is 5.97 Å². The van der Waals surface area contributed by atoms with Crippen molar-refractivity contribution >= 4 is 11.9 Å². The summed E-state index contributed by atoms with van der Waals surface area (Å²) in [6.45, 7) is 0.977. The second-order valence-corrected chi connectivity index (χ2v) is 3.62. The number of carbonyl (C=O) groups excluding carboxylic acids is 1. The highest BCUT2D eigenvalue weighted by Crippen LogP contribution is 2.12. The third-order valence-electron chi connectivity index (χ3n) is 2.15. The number of nitrogens with two attached hydrogens (primary N) is 1. The largest absolute Gasteiger partial charge is 0.490 e. The number of carboxylic acid groups (broad SMARTS) is 1. The van der Waals surface area contributed by atoms with Crippen molar-refractivity contribution in [3.05, 3.63) is 42.0 Å². The molecule has 6 nitrogen and oxygen atoms in total. The average molecular weight is 264 g/mol. The molecule has 0 aliphatic heterocycles. The van der Waals surface area contributed by atoms with Gasteiger partial charge in [0.1, 0.15) is 12.4 Å². The van der Waals surface area contributed by atoms with E-state index >= 15 is 0 Å². The van der Waals surface area contributed by atoms with Crippen LogP contribution in [0, 0.1) is 0 Å². The molecular weight excluding hydrogens is 248 g/mol. The highest BCUT2D eigenvalue weighted by molar-refractivity contribution is 5.94. The molecule has 19 heavy (non-hydrogen) atoms. The minimum atomic E-state index is -1.02. The second-order valence-electron chi connectivity index (χ2n) is 3.62. The SMILES string of the molecule is NCCNC(=O)c1ccc(OCC=CC(=O)O)cc1. The zero-order chi connectivity index (χ0) is 14.1. The fourth-order valence-corrected chi connectivity index (χ4v) is 1.28. The van der Waals surface area contributed by atoms with Gasteiger partial charge in [-0.2, -0.15) is 0 Å². The first-order chi connectivity index (χ1) is 9.13. The Hall–Kier alpha value is -2.34. The van der Waals surface area contributed by atoms with Gasteiger partial charge in [0, 0.05) is 24.7 Å². The number of hydrogen-bond acceptors (Lipinski definition) is 4. The van der Waals surface area contributed by atoms with Crippen molar-refractivity contribution in [3.8, 4) is 5.75 Å². The first-order valence-corrected chi connectivity index (χ1v) is 5.74. The molecule has 0 heterocycles. The number of ether oxygens (including phenoxy) is 1. The molecular formula is C13H16N2O4. The molecule has 0 radical (unpaired) electrons. The Balaban J connectivity index is 2.47. The number of aliphatic carboxylic acids is 1. The van der Waals surface area contributed by atoms with Crippen LogP contribution in [-0.2, 0) is 4.79 Å². The number of rotatable bonds is 7. The van der Waals surface area contributed by atoms with Crippen molar-refractivity contribution in [1.82, 2.24) is 5.32 Å². The molecule has 0 saturated carbocycles. The Labute approximate surface area is 110 Å². The van der Waals surface area contributed by atoms with Gasteiger partial charge in [0.2, 0.25) is 0 Å². The summed E-state index contributed by atoms with van der Waals surface area (Å²) in [6, 6.07) is 6.54. The van der Waals surface area contributed by atoms with Crippen LogP contribution >= 0.6 is 0 Å². The zero-order valence-corrected chi connectivity index (χ0v) is 10.3. The van der Waals surface area contributed by atoms with E-state index in [2.05, 4.69) is 5.32 Å². The molecule has 1 rings (SSSR count). The Morgan fingerprint density at radius 3 is 2.58 bits per heavy atom. The zero-order valence-electron chi connectivity index (χ0n) is 10.3. The van der Waals surface area contributed by atoms with Crippen LogP contribution in [0.1, 0.15) is 10.4 Å². The molecule has 0 aliphatic rings. The molecule has 0 bridgehead atoms. The quantitative estimate of drug-likeness (QED) is 0.618. The molecule has 0 aromatic heterocycles. The van der Waals surface area contributed by atoms with Crippen LogP contribution in [0.4, 0.5) is 0 Å². The molecule has 6 heteroatoms. The van der Waals surface area contributed by atoms with Crippen LogP contribution in [0.5, 0.6) is 5.75 Å². The number of amides is 1.